The highest BCUT2D eigenvalue weighted by molar-refractivity contribution is 5.80. The molecule has 1 saturated carbocycles. The number of aliphatic hydroxyl groups excluding tert-OH is 1. The van der Waals surface area contributed by atoms with E-state index in [9.17, 15) is 9.90 Å². The average Bonchev–Trinajstić information content (AvgIpc) is 3.25. The summed E-state index contributed by atoms with van der Waals surface area (Å²) >= 11 is 0. The van der Waals surface area contributed by atoms with Crippen molar-refractivity contribution in [2.45, 2.75) is 51.3 Å². The van der Waals surface area contributed by atoms with Crippen LogP contribution in [0.1, 0.15) is 36.2 Å². The van der Waals surface area contributed by atoms with Crippen LogP contribution in [0.25, 0.3) is 0 Å². The Morgan fingerprint density at radius 1 is 1.24 bits per heavy atom. The standard InChI is InChI=1S/C20H25N3O2/c24-19-8-4-7-16(19)20(25)22-12-10-18-17(13-22)21-14-23(18)11-9-15-5-2-1-3-6-15/h1-3,5-6,14,16,19,24H,4,7-13H2. The Bertz CT molecular complexity index is 741. The Morgan fingerprint density at radius 2 is 2.08 bits per heavy atom. The normalized spacial score (nSPS) is 22.8. The van der Waals surface area contributed by atoms with Crippen molar-refractivity contribution in [1.29, 1.82) is 0 Å². The first-order valence-electron chi connectivity index (χ1n) is 9.26. The molecular formula is C20H25N3O2. The highest BCUT2D eigenvalue weighted by Crippen LogP contribution is 2.29. The summed E-state index contributed by atoms with van der Waals surface area (Å²) in [7, 11) is 0. The van der Waals surface area contributed by atoms with Crippen LogP contribution in [0.3, 0.4) is 0 Å². The van der Waals surface area contributed by atoms with Gasteiger partial charge in [-0.2, -0.15) is 0 Å². The lowest BCUT2D eigenvalue weighted by molar-refractivity contribution is -0.139. The number of hydrogen-bond acceptors (Lipinski definition) is 3. The Labute approximate surface area is 148 Å². The van der Waals surface area contributed by atoms with E-state index < -0.39 is 6.10 Å². The first-order valence-corrected chi connectivity index (χ1v) is 9.26. The van der Waals surface area contributed by atoms with E-state index >= 15 is 0 Å². The maximum Gasteiger partial charge on any atom is 0.228 e. The molecule has 25 heavy (non-hydrogen) atoms. The summed E-state index contributed by atoms with van der Waals surface area (Å²) in [5, 5.41) is 10.0. The summed E-state index contributed by atoms with van der Waals surface area (Å²) in [4.78, 5) is 19.1. The lowest BCUT2D eigenvalue weighted by Gasteiger charge is -2.30. The molecule has 132 valence electrons. The summed E-state index contributed by atoms with van der Waals surface area (Å²) in [5.41, 5.74) is 3.60. The summed E-state index contributed by atoms with van der Waals surface area (Å²) in [5.74, 6) is -0.101. The lowest BCUT2D eigenvalue weighted by atomic mass is 10.0. The number of imidazole rings is 1. The summed E-state index contributed by atoms with van der Waals surface area (Å²) < 4.78 is 2.23. The molecule has 2 aliphatic rings. The third kappa shape index (κ3) is 3.33. The Hall–Kier alpha value is -2.14. The zero-order valence-electron chi connectivity index (χ0n) is 14.5. The lowest BCUT2D eigenvalue weighted by Crippen LogP contribution is -2.42. The number of aromatic nitrogens is 2. The molecule has 1 aromatic carbocycles. The molecule has 0 spiro atoms. The molecule has 1 amide bonds. The van der Waals surface area contributed by atoms with Crippen LogP contribution in [0.2, 0.25) is 0 Å². The fourth-order valence-electron chi connectivity index (χ4n) is 4.11. The Balaban J connectivity index is 1.41. The van der Waals surface area contributed by atoms with Crippen molar-refractivity contribution in [3.63, 3.8) is 0 Å². The van der Waals surface area contributed by atoms with Crippen molar-refractivity contribution in [3.8, 4) is 0 Å². The van der Waals surface area contributed by atoms with E-state index in [1.807, 2.05) is 17.3 Å². The van der Waals surface area contributed by atoms with Gasteiger partial charge in [0.15, 0.2) is 0 Å². The number of carbonyl (C=O) groups excluding carboxylic acids is 1. The molecule has 1 aliphatic heterocycles. The number of carbonyl (C=O) groups is 1. The van der Waals surface area contributed by atoms with Crippen molar-refractivity contribution >= 4 is 5.91 Å². The molecule has 0 radical (unpaired) electrons. The summed E-state index contributed by atoms with van der Waals surface area (Å²) in [6, 6.07) is 10.5. The third-order valence-electron chi connectivity index (χ3n) is 5.58. The van der Waals surface area contributed by atoms with Gasteiger partial charge in [0.1, 0.15) is 0 Å². The van der Waals surface area contributed by atoms with Crippen LogP contribution in [0, 0.1) is 5.92 Å². The van der Waals surface area contributed by atoms with Crippen LogP contribution >= 0.6 is 0 Å². The van der Waals surface area contributed by atoms with Crippen LogP contribution in [-0.2, 0) is 30.7 Å². The van der Waals surface area contributed by atoms with Gasteiger partial charge in [-0.1, -0.05) is 30.3 Å². The number of amides is 1. The Morgan fingerprint density at radius 3 is 2.84 bits per heavy atom. The van der Waals surface area contributed by atoms with Crippen LogP contribution in [0.5, 0.6) is 0 Å². The fourth-order valence-corrected chi connectivity index (χ4v) is 4.11. The SMILES string of the molecule is O=C(C1CCCC1O)N1CCc2c(ncn2CCc2ccccc2)C1. The zero-order chi connectivity index (χ0) is 17.2. The van der Waals surface area contributed by atoms with Crippen molar-refractivity contribution in [2.24, 2.45) is 5.92 Å². The molecule has 4 rings (SSSR count). The number of aryl methyl sites for hydroxylation is 2. The second-order valence-electron chi connectivity index (χ2n) is 7.18. The van der Waals surface area contributed by atoms with E-state index in [0.29, 0.717) is 6.54 Å². The molecule has 0 bridgehead atoms. The van der Waals surface area contributed by atoms with E-state index in [2.05, 4.69) is 33.8 Å². The smallest absolute Gasteiger partial charge is 0.228 e. The zero-order valence-corrected chi connectivity index (χ0v) is 14.5. The third-order valence-corrected chi connectivity index (χ3v) is 5.58. The van der Waals surface area contributed by atoms with E-state index in [1.165, 1.54) is 11.3 Å². The largest absolute Gasteiger partial charge is 0.392 e. The van der Waals surface area contributed by atoms with Crippen LogP contribution in [0.4, 0.5) is 0 Å². The molecular weight excluding hydrogens is 314 g/mol. The van der Waals surface area contributed by atoms with Crippen molar-refractivity contribution in [3.05, 3.63) is 53.6 Å². The topological polar surface area (TPSA) is 58.4 Å². The first-order chi connectivity index (χ1) is 12.2. The van der Waals surface area contributed by atoms with Crippen LogP contribution < -0.4 is 0 Å². The van der Waals surface area contributed by atoms with Gasteiger partial charge in [-0.15, -0.1) is 0 Å². The minimum Gasteiger partial charge on any atom is -0.392 e. The molecule has 5 nitrogen and oxygen atoms in total. The minimum atomic E-state index is -0.461. The molecule has 1 fully saturated rings. The van der Waals surface area contributed by atoms with Gasteiger partial charge in [0.05, 0.1) is 30.6 Å². The predicted molar refractivity (Wildman–Crippen MR) is 94.8 cm³/mol. The number of hydrogen-bond donors (Lipinski definition) is 1. The van der Waals surface area contributed by atoms with E-state index in [-0.39, 0.29) is 11.8 Å². The highest BCUT2D eigenvalue weighted by Gasteiger charge is 2.36. The fraction of sp³-hybridized carbons (Fsp3) is 0.500. The van der Waals surface area contributed by atoms with Crippen LogP contribution in [0.15, 0.2) is 36.7 Å². The van der Waals surface area contributed by atoms with Crippen molar-refractivity contribution < 1.29 is 9.90 Å². The van der Waals surface area contributed by atoms with Crippen molar-refractivity contribution in [2.75, 3.05) is 6.54 Å². The van der Waals surface area contributed by atoms with E-state index in [1.54, 1.807) is 0 Å². The van der Waals surface area contributed by atoms with Crippen molar-refractivity contribution in [1.82, 2.24) is 14.5 Å². The summed E-state index contributed by atoms with van der Waals surface area (Å²) in [6.45, 7) is 2.23. The van der Waals surface area contributed by atoms with Gasteiger partial charge in [-0.25, -0.2) is 4.98 Å². The molecule has 0 saturated heterocycles. The predicted octanol–water partition coefficient (Wildman–Crippen LogP) is 2.17. The summed E-state index contributed by atoms with van der Waals surface area (Å²) in [6.07, 6.45) is 5.80. The van der Waals surface area contributed by atoms with E-state index in [4.69, 9.17) is 0 Å². The van der Waals surface area contributed by atoms with Gasteiger partial charge in [0.25, 0.3) is 0 Å². The number of nitrogens with zero attached hydrogens (tertiary/aromatic N) is 3. The minimum absolute atomic E-state index is 0.106. The maximum atomic E-state index is 12.7. The quantitative estimate of drug-likeness (QED) is 0.929. The average molecular weight is 339 g/mol. The first kappa shape index (κ1) is 16.3. The van der Waals surface area contributed by atoms with Gasteiger partial charge >= 0.3 is 0 Å². The molecule has 5 heteroatoms. The number of benzene rings is 1. The van der Waals surface area contributed by atoms with Gasteiger partial charge in [0, 0.05) is 25.2 Å². The molecule has 1 aliphatic carbocycles. The van der Waals surface area contributed by atoms with Gasteiger partial charge in [-0.05, 0) is 31.2 Å². The number of aliphatic hydroxyl groups is 1. The molecule has 2 aromatic rings. The van der Waals surface area contributed by atoms with Gasteiger partial charge in [-0.3, -0.25) is 4.79 Å². The molecule has 2 unspecified atom stereocenters. The molecule has 2 atom stereocenters. The van der Waals surface area contributed by atoms with E-state index in [0.717, 1.165) is 50.9 Å². The number of fused-ring (bicyclic) bond motifs is 1. The van der Waals surface area contributed by atoms with Crippen LogP contribution in [-0.4, -0.2) is 38.1 Å². The van der Waals surface area contributed by atoms with Gasteiger partial charge in [0.2, 0.25) is 5.91 Å². The highest BCUT2D eigenvalue weighted by atomic mass is 16.3. The number of rotatable bonds is 4. The maximum absolute atomic E-state index is 12.7. The van der Waals surface area contributed by atoms with Gasteiger partial charge < -0.3 is 14.6 Å². The molecule has 1 aromatic heterocycles. The second kappa shape index (κ2) is 7.00. The molecule has 1 N–H and O–H groups in total. The monoisotopic (exact) mass is 339 g/mol. The second-order valence-corrected chi connectivity index (χ2v) is 7.18. The molecule has 2 heterocycles. The Kier molecular flexibility index (Phi) is 4.57.